The van der Waals surface area contributed by atoms with Crippen LogP contribution in [-0.4, -0.2) is 22.5 Å². The molecule has 1 fully saturated rings. The van der Waals surface area contributed by atoms with Gasteiger partial charge in [-0.3, -0.25) is 4.90 Å². The van der Waals surface area contributed by atoms with Gasteiger partial charge in [0.2, 0.25) is 0 Å². The quantitative estimate of drug-likeness (QED) is 0.799. The van der Waals surface area contributed by atoms with Gasteiger partial charge >= 0.3 is 0 Å². The van der Waals surface area contributed by atoms with Crippen molar-refractivity contribution in [2.45, 2.75) is 39.3 Å². The van der Waals surface area contributed by atoms with Crippen molar-refractivity contribution in [2.75, 3.05) is 6.54 Å². The molecular weight excluding hydrogens is 240 g/mol. The van der Waals surface area contributed by atoms with Crippen LogP contribution in [0.3, 0.4) is 0 Å². The first kappa shape index (κ1) is 13.5. The molecule has 0 unspecified atom stereocenters. The number of nitrogens with two attached hydrogens (primary N) is 1. The smallest absolute Gasteiger partial charge is 0.103 e. The standard InChI is InChI=1S/C15H22N2S/c1-11(2)9-17(14-7-8-14)10-12-3-5-13(6-4-12)15(16)18/h3-6,11,14H,7-10H2,1-2H3,(H2,16,18). The monoisotopic (exact) mass is 262 g/mol. The molecule has 1 saturated carbocycles. The van der Waals surface area contributed by atoms with Crippen molar-refractivity contribution >= 4 is 17.2 Å². The minimum absolute atomic E-state index is 0.475. The van der Waals surface area contributed by atoms with E-state index in [1.807, 2.05) is 12.1 Å². The highest BCUT2D eigenvalue weighted by atomic mass is 32.1. The fraction of sp³-hybridized carbons (Fsp3) is 0.533. The third kappa shape index (κ3) is 3.79. The molecule has 0 bridgehead atoms. The lowest BCUT2D eigenvalue weighted by atomic mass is 10.1. The van der Waals surface area contributed by atoms with E-state index in [4.69, 9.17) is 18.0 Å². The predicted octanol–water partition coefficient (Wildman–Crippen LogP) is 2.94. The van der Waals surface area contributed by atoms with E-state index in [0.717, 1.165) is 24.1 Å². The molecule has 1 aliphatic carbocycles. The van der Waals surface area contributed by atoms with Gasteiger partial charge < -0.3 is 5.73 Å². The summed E-state index contributed by atoms with van der Waals surface area (Å²) < 4.78 is 0. The topological polar surface area (TPSA) is 29.3 Å². The number of hydrogen-bond acceptors (Lipinski definition) is 2. The maximum atomic E-state index is 5.61. The minimum atomic E-state index is 0.475. The fourth-order valence-electron chi connectivity index (χ4n) is 2.26. The molecule has 98 valence electrons. The molecule has 0 amide bonds. The summed E-state index contributed by atoms with van der Waals surface area (Å²) in [7, 11) is 0. The van der Waals surface area contributed by atoms with E-state index in [2.05, 4.69) is 30.9 Å². The third-order valence-corrected chi connectivity index (χ3v) is 3.52. The molecule has 0 aromatic heterocycles. The molecule has 0 spiro atoms. The molecule has 1 aliphatic rings. The molecule has 2 N–H and O–H groups in total. The third-order valence-electron chi connectivity index (χ3n) is 3.29. The van der Waals surface area contributed by atoms with E-state index in [0.29, 0.717) is 4.99 Å². The van der Waals surface area contributed by atoms with Crippen molar-refractivity contribution < 1.29 is 0 Å². The SMILES string of the molecule is CC(C)CN(Cc1ccc(C(N)=S)cc1)C1CC1. The Kier molecular flexibility index (Phi) is 4.36. The van der Waals surface area contributed by atoms with Crippen LogP contribution in [-0.2, 0) is 6.54 Å². The first-order chi connectivity index (χ1) is 8.56. The number of hydrogen-bond donors (Lipinski definition) is 1. The van der Waals surface area contributed by atoms with Gasteiger partial charge in [-0.25, -0.2) is 0 Å². The normalized spacial score (nSPS) is 15.3. The second kappa shape index (κ2) is 5.81. The van der Waals surface area contributed by atoms with Crippen LogP contribution < -0.4 is 5.73 Å². The second-order valence-corrected chi connectivity index (χ2v) is 6.06. The molecule has 3 heteroatoms. The van der Waals surface area contributed by atoms with Gasteiger partial charge in [-0.05, 0) is 24.3 Å². The summed E-state index contributed by atoms with van der Waals surface area (Å²) in [5.41, 5.74) is 7.91. The molecule has 2 nitrogen and oxygen atoms in total. The van der Waals surface area contributed by atoms with E-state index < -0.39 is 0 Å². The Bertz CT molecular complexity index is 407. The number of thiocarbonyl (C=S) groups is 1. The summed E-state index contributed by atoms with van der Waals surface area (Å²) >= 11 is 4.97. The average Bonchev–Trinajstić information content (AvgIpc) is 3.12. The van der Waals surface area contributed by atoms with Crippen LogP contribution in [0.5, 0.6) is 0 Å². The van der Waals surface area contributed by atoms with E-state index >= 15 is 0 Å². The van der Waals surface area contributed by atoms with Gasteiger partial charge in [0.15, 0.2) is 0 Å². The van der Waals surface area contributed by atoms with Crippen molar-refractivity contribution in [3.8, 4) is 0 Å². The Hall–Kier alpha value is -0.930. The number of benzene rings is 1. The summed E-state index contributed by atoms with van der Waals surface area (Å²) in [6.45, 7) is 6.79. The molecule has 0 saturated heterocycles. The Morgan fingerprint density at radius 3 is 2.39 bits per heavy atom. The fourth-order valence-corrected chi connectivity index (χ4v) is 2.40. The lowest BCUT2D eigenvalue weighted by molar-refractivity contribution is 0.226. The molecule has 0 heterocycles. The zero-order chi connectivity index (χ0) is 13.1. The highest BCUT2D eigenvalue weighted by molar-refractivity contribution is 7.80. The lowest BCUT2D eigenvalue weighted by Crippen LogP contribution is -2.29. The Labute approximate surface area is 115 Å². The molecule has 2 rings (SSSR count). The van der Waals surface area contributed by atoms with E-state index in [1.54, 1.807) is 0 Å². The minimum Gasteiger partial charge on any atom is -0.389 e. The average molecular weight is 262 g/mol. The molecule has 0 atom stereocenters. The lowest BCUT2D eigenvalue weighted by Gasteiger charge is -2.24. The number of nitrogens with zero attached hydrogens (tertiary/aromatic N) is 1. The predicted molar refractivity (Wildman–Crippen MR) is 80.6 cm³/mol. The molecular formula is C15H22N2S. The van der Waals surface area contributed by atoms with Crippen LogP contribution in [0.1, 0.15) is 37.8 Å². The van der Waals surface area contributed by atoms with Crippen molar-refractivity contribution in [3.63, 3.8) is 0 Å². The molecule has 1 aromatic rings. The van der Waals surface area contributed by atoms with Gasteiger partial charge in [0, 0.05) is 24.7 Å². The van der Waals surface area contributed by atoms with Crippen molar-refractivity contribution in [2.24, 2.45) is 11.7 Å². The van der Waals surface area contributed by atoms with Crippen LogP contribution in [0.4, 0.5) is 0 Å². The van der Waals surface area contributed by atoms with E-state index in [-0.39, 0.29) is 0 Å². The van der Waals surface area contributed by atoms with E-state index in [9.17, 15) is 0 Å². The summed E-state index contributed by atoms with van der Waals surface area (Å²) in [6, 6.07) is 9.15. The van der Waals surface area contributed by atoms with Gasteiger partial charge in [-0.15, -0.1) is 0 Å². The molecule has 0 radical (unpaired) electrons. The van der Waals surface area contributed by atoms with Crippen molar-refractivity contribution in [3.05, 3.63) is 35.4 Å². The van der Waals surface area contributed by atoms with Crippen molar-refractivity contribution in [1.82, 2.24) is 4.90 Å². The maximum Gasteiger partial charge on any atom is 0.103 e. The van der Waals surface area contributed by atoms with Gasteiger partial charge in [-0.2, -0.15) is 0 Å². The maximum absolute atomic E-state index is 5.61. The van der Waals surface area contributed by atoms with Crippen LogP contribution in [0.2, 0.25) is 0 Å². The van der Waals surface area contributed by atoms with E-state index in [1.165, 1.54) is 24.9 Å². The van der Waals surface area contributed by atoms with Gasteiger partial charge in [-0.1, -0.05) is 50.3 Å². The molecule has 1 aromatic carbocycles. The zero-order valence-corrected chi connectivity index (χ0v) is 12.0. The second-order valence-electron chi connectivity index (χ2n) is 5.62. The Balaban J connectivity index is 1.99. The molecule has 0 aliphatic heterocycles. The van der Waals surface area contributed by atoms with Gasteiger partial charge in [0.1, 0.15) is 4.99 Å². The van der Waals surface area contributed by atoms with Gasteiger partial charge in [0.25, 0.3) is 0 Å². The van der Waals surface area contributed by atoms with Crippen LogP contribution in [0.15, 0.2) is 24.3 Å². The Morgan fingerprint density at radius 2 is 1.94 bits per heavy atom. The number of rotatable bonds is 6. The zero-order valence-electron chi connectivity index (χ0n) is 11.2. The largest absolute Gasteiger partial charge is 0.389 e. The first-order valence-electron chi connectivity index (χ1n) is 6.69. The van der Waals surface area contributed by atoms with Crippen LogP contribution in [0, 0.1) is 5.92 Å². The van der Waals surface area contributed by atoms with Crippen LogP contribution in [0.25, 0.3) is 0 Å². The highest BCUT2D eigenvalue weighted by Crippen LogP contribution is 2.29. The van der Waals surface area contributed by atoms with Crippen LogP contribution >= 0.6 is 12.2 Å². The van der Waals surface area contributed by atoms with Crippen molar-refractivity contribution in [1.29, 1.82) is 0 Å². The highest BCUT2D eigenvalue weighted by Gasteiger charge is 2.29. The summed E-state index contributed by atoms with van der Waals surface area (Å²) in [5.74, 6) is 0.724. The summed E-state index contributed by atoms with van der Waals surface area (Å²) in [5, 5.41) is 0. The first-order valence-corrected chi connectivity index (χ1v) is 7.10. The van der Waals surface area contributed by atoms with Gasteiger partial charge in [0.05, 0.1) is 0 Å². The molecule has 18 heavy (non-hydrogen) atoms. The summed E-state index contributed by atoms with van der Waals surface area (Å²) in [6.07, 6.45) is 2.72. The Morgan fingerprint density at radius 1 is 1.33 bits per heavy atom. The summed E-state index contributed by atoms with van der Waals surface area (Å²) in [4.78, 5) is 3.07.